The van der Waals surface area contributed by atoms with Crippen LogP contribution in [0.5, 0.6) is 5.75 Å². The van der Waals surface area contributed by atoms with Crippen molar-refractivity contribution in [3.05, 3.63) is 29.8 Å². The van der Waals surface area contributed by atoms with E-state index in [-0.39, 0.29) is 24.0 Å². The van der Waals surface area contributed by atoms with E-state index in [1.54, 1.807) is 19.1 Å². The highest BCUT2D eigenvalue weighted by Gasteiger charge is 2.25. The minimum absolute atomic E-state index is 0.0502. The molecular formula is C14H19NO4. The molecule has 19 heavy (non-hydrogen) atoms. The van der Waals surface area contributed by atoms with Crippen LogP contribution in [0.25, 0.3) is 0 Å². The summed E-state index contributed by atoms with van der Waals surface area (Å²) in [7, 11) is 0. The lowest BCUT2D eigenvalue weighted by molar-refractivity contribution is -0.143. The number of carbonyl (C=O) groups excluding carboxylic acids is 1. The lowest BCUT2D eigenvalue weighted by Gasteiger charge is -2.20. The summed E-state index contributed by atoms with van der Waals surface area (Å²) in [4.78, 5) is 22.9. The molecule has 0 saturated heterocycles. The molecule has 0 aliphatic carbocycles. The molecular weight excluding hydrogens is 246 g/mol. The fraction of sp³-hybridized carbons (Fsp3) is 0.429. The van der Waals surface area contributed by atoms with Crippen molar-refractivity contribution in [2.45, 2.75) is 32.7 Å². The summed E-state index contributed by atoms with van der Waals surface area (Å²) in [5.74, 6) is -1.44. The zero-order chi connectivity index (χ0) is 14.4. The third-order valence-corrected chi connectivity index (χ3v) is 3.07. The first-order valence-corrected chi connectivity index (χ1v) is 6.24. The van der Waals surface area contributed by atoms with Gasteiger partial charge in [-0.2, -0.15) is 0 Å². The van der Waals surface area contributed by atoms with Gasteiger partial charge in [0.1, 0.15) is 11.8 Å². The number of carboxylic acids is 1. The molecule has 1 amide bonds. The van der Waals surface area contributed by atoms with Crippen LogP contribution in [-0.4, -0.2) is 28.1 Å². The monoisotopic (exact) mass is 265 g/mol. The van der Waals surface area contributed by atoms with Crippen molar-refractivity contribution in [3.63, 3.8) is 0 Å². The summed E-state index contributed by atoms with van der Waals surface area (Å²) >= 11 is 0. The number of nitrogens with one attached hydrogen (secondary N) is 1. The van der Waals surface area contributed by atoms with E-state index in [1.807, 2.05) is 6.92 Å². The Balaban J connectivity index is 2.65. The van der Waals surface area contributed by atoms with Gasteiger partial charge in [0.15, 0.2) is 0 Å². The van der Waals surface area contributed by atoms with E-state index in [0.29, 0.717) is 12.0 Å². The molecule has 0 saturated carbocycles. The van der Waals surface area contributed by atoms with Crippen LogP contribution >= 0.6 is 0 Å². The number of hydrogen-bond acceptors (Lipinski definition) is 3. The molecule has 0 spiro atoms. The normalized spacial score (nSPS) is 13.6. The number of aliphatic carboxylic acids is 1. The number of phenols is 1. The largest absolute Gasteiger partial charge is 0.508 e. The number of aromatic hydroxyl groups is 1. The Morgan fingerprint density at radius 3 is 2.58 bits per heavy atom. The molecule has 1 aromatic rings. The molecule has 0 aliphatic heterocycles. The number of amides is 1. The summed E-state index contributed by atoms with van der Waals surface area (Å²) < 4.78 is 0. The van der Waals surface area contributed by atoms with Crippen molar-refractivity contribution in [2.24, 2.45) is 5.92 Å². The summed E-state index contributed by atoms with van der Waals surface area (Å²) in [5, 5.41) is 20.9. The van der Waals surface area contributed by atoms with Gasteiger partial charge < -0.3 is 15.5 Å². The summed E-state index contributed by atoms with van der Waals surface area (Å²) in [5.41, 5.74) is 0.644. The van der Waals surface area contributed by atoms with Crippen LogP contribution in [0.2, 0.25) is 0 Å². The van der Waals surface area contributed by atoms with Crippen molar-refractivity contribution in [2.75, 3.05) is 0 Å². The van der Waals surface area contributed by atoms with Crippen molar-refractivity contribution in [1.82, 2.24) is 5.32 Å². The van der Waals surface area contributed by atoms with E-state index < -0.39 is 12.0 Å². The minimum Gasteiger partial charge on any atom is -0.508 e. The number of hydrogen-bond donors (Lipinski definition) is 3. The van der Waals surface area contributed by atoms with Gasteiger partial charge in [0.05, 0.1) is 6.42 Å². The molecule has 0 radical (unpaired) electrons. The number of rotatable bonds is 6. The first-order valence-electron chi connectivity index (χ1n) is 6.24. The van der Waals surface area contributed by atoms with Gasteiger partial charge in [-0.1, -0.05) is 32.4 Å². The highest BCUT2D eigenvalue weighted by Crippen LogP contribution is 2.12. The van der Waals surface area contributed by atoms with Gasteiger partial charge in [-0.15, -0.1) is 0 Å². The molecule has 0 heterocycles. The van der Waals surface area contributed by atoms with Gasteiger partial charge in [-0.25, -0.2) is 4.79 Å². The molecule has 0 fully saturated rings. The Bertz CT molecular complexity index is 459. The smallest absolute Gasteiger partial charge is 0.326 e. The highest BCUT2D eigenvalue weighted by molar-refractivity contribution is 5.85. The zero-order valence-electron chi connectivity index (χ0n) is 11.1. The van der Waals surface area contributed by atoms with Crippen LogP contribution in [0.3, 0.4) is 0 Å². The van der Waals surface area contributed by atoms with Crippen LogP contribution in [0.15, 0.2) is 24.3 Å². The van der Waals surface area contributed by atoms with Crippen LogP contribution in [0.4, 0.5) is 0 Å². The van der Waals surface area contributed by atoms with Crippen molar-refractivity contribution in [3.8, 4) is 5.75 Å². The molecule has 1 rings (SSSR count). The fourth-order valence-electron chi connectivity index (χ4n) is 1.76. The second-order valence-corrected chi connectivity index (χ2v) is 4.62. The van der Waals surface area contributed by atoms with E-state index >= 15 is 0 Å². The second kappa shape index (κ2) is 6.78. The fourth-order valence-corrected chi connectivity index (χ4v) is 1.76. The van der Waals surface area contributed by atoms with Gasteiger partial charge in [-0.3, -0.25) is 4.79 Å². The van der Waals surface area contributed by atoms with E-state index in [1.165, 1.54) is 12.1 Å². The summed E-state index contributed by atoms with van der Waals surface area (Å²) in [6.45, 7) is 3.66. The van der Waals surface area contributed by atoms with Gasteiger partial charge in [0.25, 0.3) is 0 Å². The Morgan fingerprint density at radius 2 is 2.05 bits per heavy atom. The predicted molar refractivity (Wildman–Crippen MR) is 70.8 cm³/mol. The average Bonchev–Trinajstić information content (AvgIpc) is 2.34. The van der Waals surface area contributed by atoms with Crippen molar-refractivity contribution >= 4 is 11.9 Å². The van der Waals surface area contributed by atoms with E-state index in [4.69, 9.17) is 5.11 Å². The van der Waals surface area contributed by atoms with E-state index in [0.717, 1.165) is 0 Å². The van der Waals surface area contributed by atoms with E-state index in [2.05, 4.69) is 5.32 Å². The highest BCUT2D eigenvalue weighted by atomic mass is 16.4. The second-order valence-electron chi connectivity index (χ2n) is 4.62. The molecule has 5 nitrogen and oxygen atoms in total. The summed E-state index contributed by atoms with van der Waals surface area (Å²) in [6.07, 6.45) is 0.720. The summed E-state index contributed by atoms with van der Waals surface area (Å²) in [6, 6.07) is 5.47. The van der Waals surface area contributed by atoms with Crippen molar-refractivity contribution in [1.29, 1.82) is 0 Å². The molecule has 1 aromatic carbocycles. The third-order valence-electron chi connectivity index (χ3n) is 3.07. The molecule has 3 N–H and O–H groups in total. The molecule has 2 atom stereocenters. The Morgan fingerprint density at radius 1 is 1.37 bits per heavy atom. The standard InChI is InChI=1S/C14H19NO4/c1-3-9(2)13(14(18)19)15-12(17)8-10-5-4-6-11(16)7-10/h4-7,9,13,16H,3,8H2,1-2H3,(H,15,17)(H,18,19). The van der Waals surface area contributed by atoms with Crippen LogP contribution in [-0.2, 0) is 16.0 Å². The molecule has 0 bridgehead atoms. The number of phenolic OH excluding ortho intramolecular Hbond substituents is 1. The minimum atomic E-state index is -1.03. The van der Waals surface area contributed by atoms with Gasteiger partial charge in [-0.05, 0) is 23.6 Å². The number of benzene rings is 1. The number of carbonyl (C=O) groups is 2. The zero-order valence-corrected chi connectivity index (χ0v) is 11.1. The van der Waals surface area contributed by atoms with Gasteiger partial charge in [0.2, 0.25) is 5.91 Å². The predicted octanol–water partition coefficient (Wildman–Crippen LogP) is 1.55. The lowest BCUT2D eigenvalue weighted by Crippen LogP contribution is -2.45. The first kappa shape index (κ1) is 15.0. The quantitative estimate of drug-likeness (QED) is 0.728. The Hall–Kier alpha value is -2.04. The maximum absolute atomic E-state index is 11.8. The third kappa shape index (κ3) is 4.62. The maximum Gasteiger partial charge on any atom is 0.326 e. The maximum atomic E-state index is 11.8. The molecule has 2 unspecified atom stereocenters. The molecule has 104 valence electrons. The Kier molecular flexibility index (Phi) is 5.36. The topological polar surface area (TPSA) is 86.6 Å². The number of carboxylic acid groups (broad SMARTS) is 1. The first-order chi connectivity index (χ1) is 8.93. The molecule has 0 aliphatic rings. The Labute approximate surface area is 112 Å². The molecule has 5 heteroatoms. The van der Waals surface area contributed by atoms with Crippen LogP contribution < -0.4 is 5.32 Å². The van der Waals surface area contributed by atoms with Crippen molar-refractivity contribution < 1.29 is 19.8 Å². The molecule has 0 aromatic heterocycles. The average molecular weight is 265 g/mol. The lowest BCUT2D eigenvalue weighted by atomic mass is 9.99. The SMILES string of the molecule is CCC(C)C(NC(=O)Cc1cccc(O)c1)C(=O)O. The van der Waals surface area contributed by atoms with Gasteiger partial charge in [0, 0.05) is 0 Å². The van der Waals surface area contributed by atoms with Crippen LogP contribution in [0, 0.1) is 5.92 Å². The van der Waals surface area contributed by atoms with Crippen LogP contribution in [0.1, 0.15) is 25.8 Å². The van der Waals surface area contributed by atoms with Gasteiger partial charge >= 0.3 is 5.97 Å². The van der Waals surface area contributed by atoms with E-state index in [9.17, 15) is 14.7 Å².